The van der Waals surface area contributed by atoms with E-state index in [1.807, 2.05) is 11.9 Å². The first-order valence-corrected chi connectivity index (χ1v) is 5.85. The Morgan fingerprint density at radius 1 is 1.31 bits per heavy atom. The van der Waals surface area contributed by atoms with Crippen LogP contribution in [0.4, 0.5) is 0 Å². The highest BCUT2D eigenvalue weighted by molar-refractivity contribution is 5.85. The second-order valence-corrected chi connectivity index (χ2v) is 4.74. The molecule has 1 N–H and O–H groups in total. The molecule has 1 saturated heterocycles. The average molecular weight is 225 g/mol. The molecule has 2 aliphatic rings. The zero-order chi connectivity index (χ0) is 11.6. The zero-order valence-corrected chi connectivity index (χ0v) is 9.74. The number of piperazine rings is 1. The van der Waals surface area contributed by atoms with Crippen molar-refractivity contribution in [1.29, 1.82) is 0 Å². The maximum atomic E-state index is 12.2. The van der Waals surface area contributed by atoms with Crippen LogP contribution >= 0.6 is 0 Å². The van der Waals surface area contributed by atoms with Crippen LogP contribution in [0.1, 0.15) is 12.8 Å². The minimum absolute atomic E-state index is 0.127. The summed E-state index contributed by atoms with van der Waals surface area (Å²) in [6.45, 7) is 3.49. The van der Waals surface area contributed by atoms with Crippen molar-refractivity contribution in [3.05, 3.63) is 0 Å². The van der Waals surface area contributed by atoms with Gasteiger partial charge in [0.25, 0.3) is 0 Å². The molecule has 2 fully saturated rings. The molecule has 2 rings (SSSR count). The van der Waals surface area contributed by atoms with Crippen LogP contribution in [0.15, 0.2) is 0 Å². The van der Waals surface area contributed by atoms with Gasteiger partial charge >= 0.3 is 0 Å². The van der Waals surface area contributed by atoms with Gasteiger partial charge in [0.2, 0.25) is 12.3 Å². The molecule has 0 radical (unpaired) electrons. The molecule has 1 aliphatic heterocycles. The summed E-state index contributed by atoms with van der Waals surface area (Å²) in [6, 6.07) is 0. The van der Waals surface area contributed by atoms with Crippen molar-refractivity contribution < 1.29 is 9.59 Å². The van der Waals surface area contributed by atoms with Crippen molar-refractivity contribution in [2.45, 2.75) is 12.8 Å². The summed E-state index contributed by atoms with van der Waals surface area (Å²) in [7, 11) is 1.89. The highest BCUT2D eigenvalue weighted by atomic mass is 16.2. The standard InChI is InChI=1S/C11H19N3O2/c1-12-8-11(2-3-11)10(16)14-6-4-13(9-15)5-7-14/h9,12H,2-8H2,1H3. The lowest BCUT2D eigenvalue weighted by molar-refractivity contribution is -0.140. The number of amides is 2. The fourth-order valence-corrected chi connectivity index (χ4v) is 2.32. The Balaban J connectivity index is 1.89. The third kappa shape index (κ3) is 2.04. The fourth-order valence-electron chi connectivity index (χ4n) is 2.32. The van der Waals surface area contributed by atoms with Gasteiger partial charge in [0.05, 0.1) is 5.41 Å². The SMILES string of the molecule is CNCC1(C(=O)N2CCN(C=O)CC2)CC1. The van der Waals surface area contributed by atoms with E-state index in [0.717, 1.165) is 25.8 Å². The zero-order valence-electron chi connectivity index (χ0n) is 9.74. The molecular weight excluding hydrogens is 206 g/mol. The second kappa shape index (κ2) is 4.41. The first-order chi connectivity index (χ1) is 7.72. The van der Waals surface area contributed by atoms with Gasteiger partial charge in [0.15, 0.2) is 0 Å². The molecule has 0 aromatic rings. The van der Waals surface area contributed by atoms with E-state index >= 15 is 0 Å². The van der Waals surface area contributed by atoms with Gasteiger partial charge in [-0.2, -0.15) is 0 Å². The molecule has 1 heterocycles. The van der Waals surface area contributed by atoms with Gasteiger partial charge in [-0.3, -0.25) is 9.59 Å². The van der Waals surface area contributed by atoms with Gasteiger partial charge in [0, 0.05) is 32.7 Å². The lowest BCUT2D eigenvalue weighted by Crippen LogP contribution is -2.51. The van der Waals surface area contributed by atoms with Gasteiger partial charge in [-0.15, -0.1) is 0 Å². The molecule has 5 nitrogen and oxygen atoms in total. The summed E-state index contributed by atoms with van der Waals surface area (Å²) in [5.41, 5.74) is -0.127. The molecule has 0 aromatic heterocycles. The Morgan fingerprint density at radius 3 is 2.38 bits per heavy atom. The van der Waals surface area contributed by atoms with Gasteiger partial charge in [0.1, 0.15) is 0 Å². The maximum Gasteiger partial charge on any atom is 0.230 e. The van der Waals surface area contributed by atoms with Crippen LogP contribution in [0.25, 0.3) is 0 Å². The quantitative estimate of drug-likeness (QED) is 0.643. The van der Waals surface area contributed by atoms with Gasteiger partial charge in [-0.25, -0.2) is 0 Å². The van der Waals surface area contributed by atoms with E-state index in [9.17, 15) is 9.59 Å². The Bertz CT molecular complexity index is 281. The molecule has 1 saturated carbocycles. The first-order valence-electron chi connectivity index (χ1n) is 5.85. The summed E-state index contributed by atoms with van der Waals surface area (Å²) in [5, 5.41) is 3.10. The number of hydrogen-bond acceptors (Lipinski definition) is 3. The molecule has 1 aliphatic carbocycles. The number of carbonyl (C=O) groups is 2. The molecule has 0 bridgehead atoms. The van der Waals surface area contributed by atoms with Gasteiger partial charge in [-0.1, -0.05) is 0 Å². The molecule has 2 amide bonds. The van der Waals surface area contributed by atoms with Crippen molar-refractivity contribution in [1.82, 2.24) is 15.1 Å². The summed E-state index contributed by atoms with van der Waals surface area (Å²) in [4.78, 5) is 26.4. The second-order valence-electron chi connectivity index (χ2n) is 4.74. The topological polar surface area (TPSA) is 52.7 Å². The number of nitrogens with one attached hydrogen (secondary N) is 1. The van der Waals surface area contributed by atoms with E-state index in [1.54, 1.807) is 4.90 Å². The van der Waals surface area contributed by atoms with Crippen molar-refractivity contribution in [3.8, 4) is 0 Å². The average Bonchev–Trinajstić information content (AvgIpc) is 3.10. The monoisotopic (exact) mass is 225 g/mol. The summed E-state index contributed by atoms with van der Waals surface area (Å²) in [6.07, 6.45) is 2.86. The minimum atomic E-state index is -0.127. The molecule has 0 atom stereocenters. The summed E-state index contributed by atoms with van der Waals surface area (Å²) < 4.78 is 0. The number of nitrogens with zero attached hydrogens (tertiary/aromatic N) is 2. The molecule has 0 aromatic carbocycles. The van der Waals surface area contributed by atoms with Crippen molar-refractivity contribution >= 4 is 12.3 Å². The lowest BCUT2D eigenvalue weighted by Gasteiger charge is -2.34. The van der Waals surface area contributed by atoms with Crippen LogP contribution in [0.2, 0.25) is 0 Å². The van der Waals surface area contributed by atoms with Crippen LogP contribution in [-0.2, 0) is 9.59 Å². The van der Waals surface area contributed by atoms with Crippen LogP contribution in [0.3, 0.4) is 0 Å². The van der Waals surface area contributed by atoms with Crippen LogP contribution in [0.5, 0.6) is 0 Å². The normalized spacial score (nSPS) is 23.1. The number of hydrogen-bond donors (Lipinski definition) is 1. The molecule has 0 spiro atoms. The Labute approximate surface area is 95.8 Å². The van der Waals surface area contributed by atoms with E-state index < -0.39 is 0 Å². The smallest absolute Gasteiger partial charge is 0.230 e. The Hall–Kier alpha value is -1.10. The molecule has 16 heavy (non-hydrogen) atoms. The van der Waals surface area contributed by atoms with Crippen molar-refractivity contribution in [2.24, 2.45) is 5.41 Å². The highest BCUT2D eigenvalue weighted by Crippen LogP contribution is 2.46. The largest absolute Gasteiger partial charge is 0.342 e. The Morgan fingerprint density at radius 2 is 1.94 bits per heavy atom. The number of rotatable bonds is 4. The van der Waals surface area contributed by atoms with Gasteiger partial charge in [-0.05, 0) is 19.9 Å². The van der Waals surface area contributed by atoms with Crippen molar-refractivity contribution in [2.75, 3.05) is 39.8 Å². The lowest BCUT2D eigenvalue weighted by atomic mass is 10.1. The highest BCUT2D eigenvalue weighted by Gasteiger charge is 2.51. The summed E-state index contributed by atoms with van der Waals surface area (Å²) in [5.74, 6) is 0.271. The van der Waals surface area contributed by atoms with Crippen molar-refractivity contribution in [3.63, 3.8) is 0 Å². The van der Waals surface area contributed by atoms with Gasteiger partial charge < -0.3 is 15.1 Å². The predicted molar refractivity (Wildman–Crippen MR) is 59.8 cm³/mol. The van der Waals surface area contributed by atoms with E-state index in [-0.39, 0.29) is 11.3 Å². The first kappa shape index (κ1) is 11.4. The maximum absolute atomic E-state index is 12.2. The van der Waals surface area contributed by atoms with Crippen LogP contribution in [-0.4, -0.2) is 61.9 Å². The number of carbonyl (C=O) groups excluding carboxylic acids is 2. The molecule has 0 unspecified atom stereocenters. The summed E-state index contributed by atoms with van der Waals surface area (Å²) >= 11 is 0. The third-order valence-electron chi connectivity index (χ3n) is 3.57. The van der Waals surface area contributed by atoms with Crippen LogP contribution < -0.4 is 5.32 Å². The third-order valence-corrected chi connectivity index (χ3v) is 3.57. The Kier molecular flexibility index (Phi) is 3.14. The minimum Gasteiger partial charge on any atom is -0.342 e. The molecule has 5 heteroatoms. The van der Waals surface area contributed by atoms with E-state index in [0.29, 0.717) is 26.2 Å². The fraction of sp³-hybridized carbons (Fsp3) is 0.818. The van der Waals surface area contributed by atoms with E-state index in [2.05, 4.69) is 5.32 Å². The van der Waals surface area contributed by atoms with Crippen LogP contribution in [0, 0.1) is 5.41 Å². The predicted octanol–water partition coefficient (Wildman–Crippen LogP) is -0.713. The molecular formula is C11H19N3O2. The van der Waals surface area contributed by atoms with E-state index in [4.69, 9.17) is 0 Å². The molecule has 90 valence electrons. The van der Waals surface area contributed by atoms with E-state index in [1.165, 1.54) is 0 Å².